The highest BCUT2D eigenvalue weighted by Crippen LogP contribution is 2.28. The van der Waals surface area contributed by atoms with Gasteiger partial charge in [-0.1, -0.05) is 18.2 Å². The van der Waals surface area contributed by atoms with E-state index in [0.29, 0.717) is 37.2 Å². The molecule has 10 heteroatoms. The number of piperidine rings is 1. The lowest BCUT2D eigenvalue weighted by Gasteiger charge is -2.34. The van der Waals surface area contributed by atoms with Gasteiger partial charge in [0.2, 0.25) is 10.0 Å². The van der Waals surface area contributed by atoms with E-state index in [1.807, 2.05) is 11.0 Å². The lowest BCUT2D eigenvalue weighted by molar-refractivity contribution is -0.385. The predicted octanol–water partition coefficient (Wildman–Crippen LogP) is 1.64. The number of sulfonamides is 1. The minimum Gasteiger partial charge on any atom is -0.371 e. The molecule has 3 N–H and O–H groups in total. The van der Waals surface area contributed by atoms with Crippen LogP contribution < -0.4 is 15.4 Å². The van der Waals surface area contributed by atoms with E-state index in [1.165, 1.54) is 12.1 Å². The molecule has 1 aliphatic heterocycles. The highest BCUT2D eigenvalue weighted by atomic mass is 32.2. The number of hydrogen-bond donors (Lipinski definition) is 2. The Labute approximate surface area is 162 Å². The fourth-order valence-corrected chi connectivity index (χ4v) is 3.73. The third kappa shape index (κ3) is 4.65. The Morgan fingerprint density at radius 1 is 1.14 bits per heavy atom. The average Bonchev–Trinajstić information content (AvgIpc) is 2.68. The summed E-state index contributed by atoms with van der Waals surface area (Å²) in [5, 5.41) is 19.2. The zero-order valence-corrected chi connectivity index (χ0v) is 15.8. The molecule has 0 aliphatic carbocycles. The van der Waals surface area contributed by atoms with Gasteiger partial charge in [-0.3, -0.25) is 14.9 Å². The number of non-ortho nitro benzene ring substituents is 1. The summed E-state index contributed by atoms with van der Waals surface area (Å²) in [6.45, 7) is 1.04. The van der Waals surface area contributed by atoms with Crippen LogP contribution in [0.3, 0.4) is 0 Å². The second kappa shape index (κ2) is 7.95. The number of amides is 1. The van der Waals surface area contributed by atoms with Crippen LogP contribution >= 0.6 is 0 Å². The van der Waals surface area contributed by atoms with Crippen molar-refractivity contribution in [1.29, 1.82) is 0 Å². The van der Waals surface area contributed by atoms with Crippen molar-refractivity contribution in [3.05, 3.63) is 64.2 Å². The lowest BCUT2D eigenvalue weighted by Crippen LogP contribution is -2.44. The first-order valence-electron chi connectivity index (χ1n) is 8.67. The molecule has 0 radical (unpaired) electrons. The molecule has 1 aliphatic rings. The first-order valence-corrected chi connectivity index (χ1v) is 10.2. The van der Waals surface area contributed by atoms with Gasteiger partial charge in [0.25, 0.3) is 11.6 Å². The van der Waals surface area contributed by atoms with E-state index in [0.717, 1.165) is 6.07 Å². The number of carbonyl (C=O) groups excluding carboxylic acids is 1. The number of carbonyl (C=O) groups is 1. The third-order valence-corrected chi connectivity index (χ3v) is 5.54. The number of hydrogen-bond acceptors (Lipinski definition) is 6. The summed E-state index contributed by atoms with van der Waals surface area (Å²) < 4.78 is 23.3. The normalized spacial score (nSPS) is 15.2. The van der Waals surface area contributed by atoms with Gasteiger partial charge in [0.05, 0.1) is 9.82 Å². The summed E-state index contributed by atoms with van der Waals surface area (Å²) in [6, 6.07) is 12.5. The number of benzene rings is 2. The molecule has 3 rings (SSSR count). The van der Waals surface area contributed by atoms with Crippen LogP contribution in [0.25, 0.3) is 0 Å². The maximum absolute atomic E-state index is 12.3. The van der Waals surface area contributed by atoms with Crippen LogP contribution in [0.15, 0.2) is 53.4 Å². The fraction of sp³-hybridized carbons (Fsp3) is 0.278. The fourth-order valence-electron chi connectivity index (χ4n) is 3.16. The van der Waals surface area contributed by atoms with Gasteiger partial charge >= 0.3 is 0 Å². The number of nitro groups is 1. The second-order valence-corrected chi connectivity index (χ2v) is 8.15. The monoisotopic (exact) mass is 404 g/mol. The number of nitrogens with one attached hydrogen (secondary N) is 1. The number of anilines is 1. The number of primary sulfonamides is 1. The van der Waals surface area contributed by atoms with Crippen molar-refractivity contribution in [1.82, 2.24) is 5.32 Å². The van der Waals surface area contributed by atoms with Crippen molar-refractivity contribution in [3.8, 4) is 0 Å². The van der Waals surface area contributed by atoms with Crippen molar-refractivity contribution in [2.24, 2.45) is 5.14 Å². The van der Waals surface area contributed by atoms with Crippen LogP contribution in [0.4, 0.5) is 11.4 Å². The van der Waals surface area contributed by atoms with Gasteiger partial charge in [-0.2, -0.15) is 0 Å². The Morgan fingerprint density at radius 3 is 2.36 bits per heavy atom. The number of nitrogens with two attached hydrogens (primary N) is 1. The van der Waals surface area contributed by atoms with E-state index in [2.05, 4.69) is 5.32 Å². The minimum atomic E-state index is -4.07. The molecule has 1 saturated heterocycles. The van der Waals surface area contributed by atoms with Gasteiger partial charge in [-0.15, -0.1) is 0 Å². The Balaban J connectivity index is 1.70. The number of rotatable bonds is 5. The molecule has 2 aromatic rings. The summed E-state index contributed by atoms with van der Waals surface area (Å²) in [6.07, 6.45) is 1.26. The van der Waals surface area contributed by atoms with Gasteiger partial charge in [0.1, 0.15) is 0 Å². The zero-order valence-electron chi connectivity index (χ0n) is 14.9. The van der Waals surface area contributed by atoms with Crippen LogP contribution in [-0.2, 0) is 10.0 Å². The highest BCUT2D eigenvalue weighted by molar-refractivity contribution is 7.89. The van der Waals surface area contributed by atoms with E-state index >= 15 is 0 Å². The van der Waals surface area contributed by atoms with Crippen LogP contribution in [0.5, 0.6) is 0 Å². The molecule has 0 spiro atoms. The van der Waals surface area contributed by atoms with E-state index < -0.39 is 14.9 Å². The largest absolute Gasteiger partial charge is 0.371 e. The summed E-state index contributed by atoms with van der Waals surface area (Å²) in [5.74, 6) is -0.147. The topological polar surface area (TPSA) is 136 Å². The highest BCUT2D eigenvalue weighted by Gasteiger charge is 2.24. The standard InChI is InChI=1S/C18H20N4O5S/c19-28(26,27)17-11-15(10-16(12-17)22(24)25)21-8-6-14(7-9-21)20-18(23)13-4-2-1-3-5-13/h1-5,10-12,14H,6-9H2,(H,20,23)(H2,19,26,27). The Bertz CT molecular complexity index is 986. The van der Waals surface area contributed by atoms with E-state index in [9.17, 15) is 23.3 Å². The van der Waals surface area contributed by atoms with Gasteiger partial charge in [-0.25, -0.2) is 13.6 Å². The molecule has 28 heavy (non-hydrogen) atoms. The second-order valence-electron chi connectivity index (χ2n) is 6.59. The Kier molecular flexibility index (Phi) is 5.61. The quantitative estimate of drug-likeness (QED) is 0.574. The van der Waals surface area contributed by atoms with Crippen molar-refractivity contribution in [2.45, 2.75) is 23.8 Å². The first-order chi connectivity index (χ1) is 13.2. The molecular weight excluding hydrogens is 384 g/mol. The molecule has 1 amide bonds. The van der Waals surface area contributed by atoms with Crippen molar-refractivity contribution in [3.63, 3.8) is 0 Å². The summed E-state index contributed by atoms with van der Waals surface area (Å²) in [4.78, 5) is 24.3. The van der Waals surface area contributed by atoms with Crippen molar-refractivity contribution < 1.29 is 18.1 Å². The summed E-state index contributed by atoms with van der Waals surface area (Å²) >= 11 is 0. The minimum absolute atomic E-state index is 0.0274. The maximum atomic E-state index is 12.3. The van der Waals surface area contributed by atoms with Crippen molar-refractivity contribution >= 4 is 27.3 Å². The van der Waals surface area contributed by atoms with E-state index in [-0.39, 0.29) is 22.5 Å². The SMILES string of the molecule is NS(=O)(=O)c1cc(N2CCC(NC(=O)c3ccccc3)CC2)cc([N+](=O)[O-])c1. The molecule has 148 valence electrons. The van der Waals surface area contributed by atoms with Crippen LogP contribution in [-0.4, -0.2) is 38.4 Å². The molecule has 0 aromatic heterocycles. The Morgan fingerprint density at radius 2 is 1.79 bits per heavy atom. The van der Waals surface area contributed by atoms with Gasteiger partial charge in [0, 0.05) is 42.5 Å². The predicted molar refractivity (Wildman–Crippen MR) is 104 cm³/mol. The summed E-state index contributed by atoms with van der Waals surface area (Å²) in [7, 11) is -4.07. The number of nitro benzene ring substituents is 1. The maximum Gasteiger partial charge on any atom is 0.272 e. The Hall–Kier alpha value is -2.98. The molecule has 0 saturated carbocycles. The molecule has 2 aromatic carbocycles. The molecule has 0 unspecified atom stereocenters. The third-order valence-electron chi connectivity index (χ3n) is 4.65. The molecule has 9 nitrogen and oxygen atoms in total. The molecule has 0 bridgehead atoms. The molecule has 1 fully saturated rings. The van der Waals surface area contributed by atoms with Gasteiger partial charge < -0.3 is 10.2 Å². The van der Waals surface area contributed by atoms with Crippen LogP contribution in [0.1, 0.15) is 23.2 Å². The van der Waals surface area contributed by atoms with Crippen molar-refractivity contribution in [2.75, 3.05) is 18.0 Å². The first kappa shape index (κ1) is 19.8. The van der Waals surface area contributed by atoms with E-state index in [4.69, 9.17) is 5.14 Å². The van der Waals surface area contributed by atoms with Crippen LogP contribution in [0.2, 0.25) is 0 Å². The number of nitrogens with zero attached hydrogens (tertiary/aromatic N) is 2. The average molecular weight is 404 g/mol. The van der Waals surface area contributed by atoms with Gasteiger partial charge in [-0.05, 0) is 31.0 Å². The van der Waals surface area contributed by atoms with Gasteiger partial charge in [0.15, 0.2) is 0 Å². The zero-order chi connectivity index (χ0) is 20.3. The van der Waals surface area contributed by atoms with E-state index in [1.54, 1.807) is 24.3 Å². The molecule has 0 atom stereocenters. The van der Waals surface area contributed by atoms with Crippen LogP contribution in [0, 0.1) is 10.1 Å². The molecule has 1 heterocycles. The molecular formula is C18H20N4O5S. The summed E-state index contributed by atoms with van der Waals surface area (Å²) in [5.41, 5.74) is 0.675. The smallest absolute Gasteiger partial charge is 0.272 e. The lowest BCUT2D eigenvalue weighted by atomic mass is 10.0.